The van der Waals surface area contributed by atoms with Crippen LogP contribution in [-0.4, -0.2) is 29.9 Å². The summed E-state index contributed by atoms with van der Waals surface area (Å²) < 4.78 is 0. The molecule has 0 unspecified atom stereocenters. The van der Waals surface area contributed by atoms with Crippen LogP contribution in [0.5, 0.6) is 0 Å². The van der Waals surface area contributed by atoms with Crippen LogP contribution < -0.4 is 11.5 Å². The zero-order valence-corrected chi connectivity index (χ0v) is 9.23. The molecule has 0 spiro atoms. The van der Waals surface area contributed by atoms with Gasteiger partial charge in [-0.25, -0.2) is 0 Å². The van der Waals surface area contributed by atoms with Crippen LogP contribution in [0.4, 0.5) is 5.69 Å². The third kappa shape index (κ3) is 2.17. The molecule has 0 radical (unpaired) electrons. The molecule has 0 atom stereocenters. The Bertz CT molecular complexity index is 384. The lowest BCUT2D eigenvalue weighted by Gasteiger charge is -2.30. The minimum atomic E-state index is 0.0185. The van der Waals surface area contributed by atoms with E-state index in [1.807, 2.05) is 17.0 Å². The second-order valence-electron chi connectivity index (χ2n) is 4.22. The maximum atomic E-state index is 12.1. The van der Waals surface area contributed by atoms with Gasteiger partial charge >= 0.3 is 0 Å². The molecule has 4 nitrogen and oxygen atoms in total. The Labute approximate surface area is 95.2 Å². The van der Waals surface area contributed by atoms with Crippen molar-refractivity contribution in [2.24, 2.45) is 5.73 Å². The Hall–Kier alpha value is -1.55. The molecule has 1 saturated heterocycles. The minimum Gasteiger partial charge on any atom is -0.398 e. The number of benzene rings is 1. The lowest BCUT2D eigenvalue weighted by molar-refractivity contribution is 0.0716. The van der Waals surface area contributed by atoms with E-state index in [4.69, 9.17) is 11.5 Å². The first-order valence-corrected chi connectivity index (χ1v) is 5.58. The number of nitrogen functional groups attached to an aromatic ring is 1. The van der Waals surface area contributed by atoms with E-state index in [0.717, 1.165) is 25.9 Å². The third-order valence-electron chi connectivity index (χ3n) is 3.02. The third-order valence-corrected chi connectivity index (χ3v) is 3.02. The number of hydrogen-bond donors (Lipinski definition) is 2. The van der Waals surface area contributed by atoms with Gasteiger partial charge in [0.2, 0.25) is 0 Å². The maximum Gasteiger partial charge on any atom is 0.255 e. The quantitative estimate of drug-likeness (QED) is 0.687. The highest BCUT2D eigenvalue weighted by molar-refractivity contribution is 5.99. The molecule has 1 aromatic carbocycles. The topological polar surface area (TPSA) is 72.4 Å². The zero-order valence-electron chi connectivity index (χ0n) is 9.23. The van der Waals surface area contributed by atoms with Crippen LogP contribution in [-0.2, 0) is 0 Å². The van der Waals surface area contributed by atoms with Gasteiger partial charge in [0.05, 0.1) is 5.56 Å². The van der Waals surface area contributed by atoms with Crippen LogP contribution in [0.1, 0.15) is 23.2 Å². The molecule has 2 rings (SSSR count). The van der Waals surface area contributed by atoms with Gasteiger partial charge in [0.25, 0.3) is 5.91 Å². The largest absolute Gasteiger partial charge is 0.398 e. The van der Waals surface area contributed by atoms with E-state index >= 15 is 0 Å². The molecule has 1 fully saturated rings. The SMILES string of the molecule is Nc1ccccc1C(=O)N1CCC(N)CC1. The van der Waals surface area contributed by atoms with E-state index < -0.39 is 0 Å². The number of hydrogen-bond acceptors (Lipinski definition) is 3. The van der Waals surface area contributed by atoms with Crippen LogP contribution >= 0.6 is 0 Å². The van der Waals surface area contributed by atoms with Gasteiger partial charge in [0.1, 0.15) is 0 Å². The summed E-state index contributed by atoms with van der Waals surface area (Å²) in [6, 6.07) is 7.42. The lowest BCUT2D eigenvalue weighted by atomic mass is 10.0. The molecule has 0 bridgehead atoms. The van der Waals surface area contributed by atoms with Crippen molar-refractivity contribution in [2.75, 3.05) is 18.8 Å². The Balaban J connectivity index is 2.11. The fraction of sp³-hybridized carbons (Fsp3) is 0.417. The van der Waals surface area contributed by atoms with Crippen molar-refractivity contribution in [1.82, 2.24) is 4.90 Å². The minimum absolute atomic E-state index is 0.0185. The highest BCUT2D eigenvalue weighted by atomic mass is 16.2. The van der Waals surface area contributed by atoms with Gasteiger partial charge in [-0.1, -0.05) is 12.1 Å². The number of amides is 1. The van der Waals surface area contributed by atoms with E-state index in [1.165, 1.54) is 0 Å². The van der Waals surface area contributed by atoms with E-state index in [9.17, 15) is 4.79 Å². The second-order valence-corrected chi connectivity index (χ2v) is 4.22. The van der Waals surface area contributed by atoms with Gasteiger partial charge in [0, 0.05) is 24.8 Å². The highest BCUT2D eigenvalue weighted by Crippen LogP contribution is 2.16. The van der Waals surface area contributed by atoms with Crippen molar-refractivity contribution in [3.05, 3.63) is 29.8 Å². The monoisotopic (exact) mass is 219 g/mol. The summed E-state index contributed by atoms with van der Waals surface area (Å²) in [5.74, 6) is 0.0185. The van der Waals surface area contributed by atoms with Gasteiger partial charge in [-0.2, -0.15) is 0 Å². The second kappa shape index (κ2) is 4.53. The fourth-order valence-electron chi connectivity index (χ4n) is 1.96. The number of carbonyl (C=O) groups is 1. The molecule has 1 aliphatic heterocycles. The zero-order chi connectivity index (χ0) is 11.5. The Morgan fingerprint density at radius 3 is 2.50 bits per heavy atom. The Morgan fingerprint density at radius 2 is 1.88 bits per heavy atom. The molecule has 1 amide bonds. The van der Waals surface area contributed by atoms with Crippen molar-refractivity contribution in [3.63, 3.8) is 0 Å². The summed E-state index contributed by atoms with van der Waals surface area (Å²) in [6.45, 7) is 1.46. The van der Waals surface area contributed by atoms with Gasteiger partial charge in [-0.05, 0) is 25.0 Å². The van der Waals surface area contributed by atoms with Crippen molar-refractivity contribution in [2.45, 2.75) is 18.9 Å². The summed E-state index contributed by atoms with van der Waals surface area (Å²) in [4.78, 5) is 14.0. The molecule has 1 aromatic rings. The summed E-state index contributed by atoms with van der Waals surface area (Å²) in [5.41, 5.74) is 12.7. The van der Waals surface area contributed by atoms with Crippen molar-refractivity contribution in [1.29, 1.82) is 0 Å². The number of rotatable bonds is 1. The Morgan fingerprint density at radius 1 is 1.25 bits per heavy atom. The standard InChI is InChI=1S/C12H17N3O/c13-9-5-7-15(8-6-9)12(16)10-3-1-2-4-11(10)14/h1-4,9H,5-8,13-14H2. The Kier molecular flexibility index (Phi) is 3.10. The molecule has 0 aliphatic carbocycles. The first-order valence-electron chi connectivity index (χ1n) is 5.58. The molecule has 4 N–H and O–H groups in total. The number of para-hydroxylation sites is 1. The molecule has 1 aliphatic rings. The van der Waals surface area contributed by atoms with Gasteiger partial charge in [0.15, 0.2) is 0 Å². The molecule has 4 heteroatoms. The van der Waals surface area contributed by atoms with Crippen LogP contribution in [0, 0.1) is 0 Å². The van der Waals surface area contributed by atoms with Gasteiger partial charge in [-0.15, -0.1) is 0 Å². The number of nitrogens with two attached hydrogens (primary N) is 2. The molecule has 0 saturated carbocycles. The maximum absolute atomic E-state index is 12.1. The normalized spacial score (nSPS) is 17.4. The smallest absolute Gasteiger partial charge is 0.255 e. The molecular formula is C12H17N3O. The van der Waals surface area contributed by atoms with Crippen molar-refractivity contribution >= 4 is 11.6 Å². The predicted octanol–water partition coefficient (Wildman–Crippen LogP) is 0.832. The van der Waals surface area contributed by atoms with Gasteiger partial charge < -0.3 is 16.4 Å². The first-order chi connectivity index (χ1) is 7.68. The molecule has 0 aromatic heterocycles. The van der Waals surface area contributed by atoms with Gasteiger partial charge in [-0.3, -0.25) is 4.79 Å². The average molecular weight is 219 g/mol. The summed E-state index contributed by atoms with van der Waals surface area (Å²) >= 11 is 0. The summed E-state index contributed by atoms with van der Waals surface area (Å²) in [5, 5.41) is 0. The average Bonchev–Trinajstić information content (AvgIpc) is 2.30. The van der Waals surface area contributed by atoms with E-state index in [1.54, 1.807) is 12.1 Å². The molecular weight excluding hydrogens is 202 g/mol. The van der Waals surface area contributed by atoms with E-state index in [2.05, 4.69) is 0 Å². The summed E-state index contributed by atoms with van der Waals surface area (Å²) in [6.07, 6.45) is 1.75. The van der Waals surface area contributed by atoms with E-state index in [-0.39, 0.29) is 11.9 Å². The number of anilines is 1. The van der Waals surface area contributed by atoms with E-state index in [0.29, 0.717) is 11.3 Å². The predicted molar refractivity (Wildman–Crippen MR) is 64.0 cm³/mol. The lowest BCUT2D eigenvalue weighted by Crippen LogP contribution is -2.43. The van der Waals surface area contributed by atoms with Crippen molar-refractivity contribution < 1.29 is 4.79 Å². The van der Waals surface area contributed by atoms with Crippen LogP contribution in [0.3, 0.4) is 0 Å². The first kappa shape index (κ1) is 11.0. The number of likely N-dealkylation sites (tertiary alicyclic amines) is 1. The summed E-state index contributed by atoms with van der Waals surface area (Å²) in [7, 11) is 0. The molecule has 16 heavy (non-hydrogen) atoms. The van der Waals surface area contributed by atoms with Crippen LogP contribution in [0.25, 0.3) is 0 Å². The number of carbonyl (C=O) groups excluding carboxylic acids is 1. The fourth-order valence-corrected chi connectivity index (χ4v) is 1.96. The van der Waals surface area contributed by atoms with Crippen LogP contribution in [0.2, 0.25) is 0 Å². The molecule has 1 heterocycles. The molecule has 86 valence electrons. The highest BCUT2D eigenvalue weighted by Gasteiger charge is 2.22. The number of nitrogens with zero attached hydrogens (tertiary/aromatic N) is 1. The number of piperidine rings is 1. The van der Waals surface area contributed by atoms with Crippen LogP contribution in [0.15, 0.2) is 24.3 Å². The van der Waals surface area contributed by atoms with Crippen molar-refractivity contribution in [3.8, 4) is 0 Å².